The first kappa shape index (κ1) is 19.1. The van der Waals surface area contributed by atoms with Gasteiger partial charge in [-0.15, -0.1) is 5.06 Å². The quantitative estimate of drug-likeness (QED) is 0.714. The Morgan fingerprint density at radius 1 is 0.889 bits per heavy atom. The second kappa shape index (κ2) is 8.35. The second-order valence-electron chi connectivity index (χ2n) is 6.80. The highest BCUT2D eigenvalue weighted by molar-refractivity contribution is 6.20. The van der Waals surface area contributed by atoms with E-state index in [0.29, 0.717) is 23.3 Å². The van der Waals surface area contributed by atoms with Crippen LogP contribution in [0.5, 0.6) is 5.75 Å². The molecular weight excluding hydrogens is 342 g/mol. The smallest absolute Gasteiger partial charge is 0.285 e. The lowest BCUT2D eigenvalue weighted by Crippen LogP contribution is -2.30. The summed E-state index contributed by atoms with van der Waals surface area (Å²) in [4.78, 5) is 30.2. The van der Waals surface area contributed by atoms with E-state index in [4.69, 9.17) is 4.84 Å². The molecule has 1 aliphatic rings. The number of nitrogens with zero attached hydrogens (tertiary/aromatic N) is 1. The number of carbonyl (C=O) groups is 2. The third-order valence-electron chi connectivity index (χ3n) is 4.73. The van der Waals surface area contributed by atoms with E-state index in [1.807, 2.05) is 12.1 Å². The minimum Gasteiger partial charge on any atom is -0.507 e. The lowest BCUT2D eigenvalue weighted by molar-refractivity contribution is -0.0902. The number of amides is 2. The topological polar surface area (TPSA) is 66.8 Å². The van der Waals surface area contributed by atoms with Crippen molar-refractivity contribution >= 4 is 11.8 Å². The average molecular weight is 367 g/mol. The fourth-order valence-electron chi connectivity index (χ4n) is 3.44. The van der Waals surface area contributed by atoms with Crippen molar-refractivity contribution in [3.05, 3.63) is 64.2 Å². The van der Waals surface area contributed by atoms with Gasteiger partial charge in [-0.1, -0.05) is 51.0 Å². The molecule has 1 N–H and O–H groups in total. The number of aryl methyl sites for hydroxylation is 2. The molecule has 1 aliphatic heterocycles. The lowest BCUT2D eigenvalue weighted by Gasteiger charge is -2.15. The molecule has 5 nitrogen and oxygen atoms in total. The summed E-state index contributed by atoms with van der Waals surface area (Å²) in [7, 11) is 0. The number of phenolic OH excluding ortho intramolecular Hbond substituents is 1. The Kier molecular flexibility index (Phi) is 5.91. The van der Waals surface area contributed by atoms with Crippen LogP contribution in [0, 0.1) is 0 Å². The Balaban J connectivity index is 1.69. The molecule has 0 atom stereocenters. The van der Waals surface area contributed by atoms with E-state index in [0.717, 1.165) is 47.4 Å². The first-order chi connectivity index (χ1) is 13.1. The monoisotopic (exact) mass is 367 g/mol. The Labute approximate surface area is 159 Å². The van der Waals surface area contributed by atoms with Crippen molar-refractivity contribution < 1.29 is 19.5 Å². The first-order valence-electron chi connectivity index (χ1n) is 9.51. The van der Waals surface area contributed by atoms with Crippen LogP contribution in [0.15, 0.2) is 36.4 Å². The van der Waals surface area contributed by atoms with Gasteiger partial charge in [-0.05, 0) is 48.1 Å². The highest BCUT2D eigenvalue weighted by Crippen LogP contribution is 2.28. The Morgan fingerprint density at radius 3 is 1.89 bits per heavy atom. The second-order valence-corrected chi connectivity index (χ2v) is 6.80. The normalized spacial score (nSPS) is 13.3. The predicted molar refractivity (Wildman–Crippen MR) is 103 cm³/mol. The molecule has 2 amide bonds. The van der Waals surface area contributed by atoms with Gasteiger partial charge in [0.05, 0.1) is 17.7 Å². The number of benzene rings is 2. The van der Waals surface area contributed by atoms with E-state index < -0.39 is 11.8 Å². The van der Waals surface area contributed by atoms with Crippen LogP contribution in [0.1, 0.15) is 64.1 Å². The summed E-state index contributed by atoms with van der Waals surface area (Å²) >= 11 is 0. The molecule has 2 aromatic rings. The van der Waals surface area contributed by atoms with E-state index in [1.54, 1.807) is 24.3 Å². The minimum atomic E-state index is -0.417. The number of fused-ring (bicyclic) bond motifs is 1. The van der Waals surface area contributed by atoms with Gasteiger partial charge < -0.3 is 5.11 Å². The summed E-state index contributed by atoms with van der Waals surface area (Å²) < 4.78 is 0. The molecule has 1 heterocycles. The molecule has 0 saturated carbocycles. The molecule has 27 heavy (non-hydrogen) atoms. The molecule has 0 aromatic heterocycles. The Morgan fingerprint density at radius 2 is 1.41 bits per heavy atom. The van der Waals surface area contributed by atoms with Crippen molar-refractivity contribution in [2.24, 2.45) is 0 Å². The molecule has 5 heteroatoms. The van der Waals surface area contributed by atoms with E-state index in [2.05, 4.69) is 13.8 Å². The molecule has 0 bridgehead atoms. The third kappa shape index (κ3) is 3.88. The summed E-state index contributed by atoms with van der Waals surface area (Å²) in [6, 6.07) is 10.7. The summed E-state index contributed by atoms with van der Waals surface area (Å²) in [5.41, 5.74) is 3.68. The number of hydrogen-bond donors (Lipinski definition) is 1. The molecule has 0 aliphatic carbocycles. The highest BCUT2D eigenvalue weighted by Gasteiger charge is 2.36. The zero-order chi connectivity index (χ0) is 19.4. The maximum atomic E-state index is 12.3. The van der Waals surface area contributed by atoms with E-state index in [9.17, 15) is 14.7 Å². The van der Waals surface area contributed by atoms with Crippen LogP contribution in [0.25, 0.3) is 0 Å². The number of aromatic hydroxyl groups is 1. The van der Waals surface area contributed by atoms with Gasteiger partial charge in [0, 0.05) is 0 Å². The average Bonchev–Trinajstić information content (AvgIpc) is 2.91. The maximum absolute atomic E-state index is 12.3. The van der Waals surface area contributed by atoms with Crippen molar-refractivity contribution in [2.45, 2.75) is 46.0 Å². The van der Waals surface area contributed by atoms with Crippen molar-refractivity contribution in [1.82, 2.24) is 5.06 Å². The molecule has 0 unspecified atom stereocenters. The van der Waals surface area contributed by atoms with Crippen molar-refractivity contribution in [3.63, 3.8) is 0 Å². The summed E-state index contributed by atoms with van der Waals surface area (Å²) in [5.74, 6) is -0.442. The summed E-state index contributed by atoms with van der Waals surface area (Å²) in [6.07, 6.45) is 4.09. The van der Waals surface area contributed by atoms with Crippen molar-refractivity contribution in [1.29, 1.82) is 0 Å². The number of rotatable bonds is 8. The van der Waals surface area contributed by atoms with Gasteiger partial charge in [0.1, 0.15) is 5.75 Å². The Bertz CT molecular complexity index is 797. The van der Waals surface area contributed by atoms with Gasteiger partial charge in [0.15, 0.2) is 0 Å². The number of imide groups is 1. The molecule has 0 fully saturated rings. The molecule has 3 rings (SSSR count). The van der Waals surface area contributed by atoms with Gasteiger partial charge in [-0.3, -0.25) is 14.4 Å². The first-order valence-corrected chi connectivity index (χ1v) is 9.51. The van der Waals surface area contributed by atoms with Crippen LogP contribution in [0.2, 0.25) is 0 Å². The SMILES string of the molecule is CCCc1cc(CCON2C(=O)c3ccccc3C2=O)cc(CCC)c1O. The standard InChI is InChI=1S/C22H25NO4/c1-3-7-16-13-15(14-17(8-4-2)20(16)24)11-12-27-23-21(25)18-9-5-6-10-19(18)22(23)26/h5-6,9-10,13-14,24H,3-4,7-8,11-12H2,1-2H3. The summed E-state index contributed by atoms with van der Waals surface area (Å²) in [5, 5.41) is 11.3. The number of carbonyl (C=O) groups excluding carboxylic acids is 2. The number of hydrogen-bond acceptors (Lipinski definition) is 4. The zero-order valence-electron chi connectivity index (χ0n) is 15.8. The van der Waals surface area contributed by atoms with Gasteiger partial charge in [-0.2, -0.15) is 0 Å². The fraction of sp³-hybridized carbons (Fsp3) is 0.364. The van der Waals surface area contributed by atoms with Crippen LogP contribution < -0.4 is 0 Å². The van der Waals surface area contributed by atoms with Gasteiger partial charge in [-0.25, -0.2) is 0 Å². The molecule has 0 saturated heterocycles. The molecule has 142 valence electrons. The third-order valence-corrected chi connectivity index (χ3v) is 4.73. The maximum Gasteiger partial charge on any atom is 0.285 e. The zero-order valence-corrected chi connectivity index (χ0v) is 15.8. The van der Waals surface area contributed by atoms with Crippen LogP contribution in [-0.4, -0.2) is 28.6 Å². The van der Waals surface area contributed by atoms with Crippen molar-refractivity contribution in [2.75, 3.05) is 6.61 Å². The Hall–Kier alpha value is -2.66. The highest BCUT2D eigenvalue weighted by atomic mass is 16.7. The molecular formula is C22H25NO4. The van der Waals surface area contributed by atoms with Crippen LogP contribution in [0.3, 0.4) is 0 Å². The van der Waals surface area contributed by atoms with Crippen molar-refractivity contribution in [3.8, 4) is 5.75 Å². The lowest BCUT2D eigenvalue weighted by atomic mass is 9.97. The molecule has 0 spiro atoms. The van der Waals surface area contributed by atoms with E-state index in [-0.39, 0.29) is 6.61 Å². The van der Waals surface area contributed by atoms with Gasteiger partial charge in [0.2, 0.25) is 0 Å². The predicted octanol–water partition coefficient (Wildman–Crippen LogP) is 4.07. The van der Waals surface area contributed by atoms with Gasteiger partial charge in [0.25, 0.3) is 11.8 Å². The van der Waals surface area contributed by atoms with Crippen LogP contribution in [0.4, 0.5) is 0 Å². The minimum absolute atomic E-state index is 0.216. The number of hydroxylamine groups is 2. The van der Waals surface area contributed by atoms with E-state index >= 15 is 0 Å². The molecule has 0 radical (unpaired) electrons. The van der Waals surface area contributed by atoms with E-state index in [1.165, 1.54) is 0 Å². The summed E-state index contributed by atoms with van der Waals surface area (Å²) in [6.45, 7) is 4.38. The van der Waals surface area contributed by atoms with Crippen LogP contribution in [-0.2, 0) is 24.1 Å². The largest absolute Gasteiger partial charge is 0.507 e. The molecule has 2 aromatic carbocycles. The van der Waals surface area contributed by atoms with Gasteiger partial charge >= 0.3 is 0 Å². The number of phenols is 1. The fourth-order valence-corrected chi connectivity index (χ4v) is 3.44. The van der Waals surface area contributed by atoms with Crippen LogP contribution >= 0.6 is 0 Å².